The lowest BCUT2D eigenvalue weighted by Gasteiger charge is -2.44. The molecule has 0 rings (SSSR count). The van der Waals surface area contributed by atoms with Crippen LogP contribution in [0, 0.1) is 0 Å². The van der Waals surface area contributed by atoms with E-state index in [2.05, 4.69) is 6.58 Å². The molecule has 0 fully saturated rings. The second-order valence-corrected chi connectivity index (χ2v) is 9.12. The molecule has 0 aromatic carbocycles. The molecule has 1 unspecified atom stereocenters. The van der Waals surface area contributed by atoms with Gasteiger partial charge in [-0.2, -0.15) is 30.7 Å². The van der Waals surface area contributed by atoms with Crippen molar-refractivity contribution in [1.82, 2.24) is 0 Å². The van der Waals surface area contributed by atoms with Crippen LogP contribution in [-0.2, 0) is 14.0 Å². The van der Waals surface area contributed by atoms with Gasteiger partial charge in [-0.1, -0.05) is 13.5 Å². The molecule has 0 heterocycles. The van der Waals surface area contributed by atoms with Gasteiger partial charge in [-0.15, -0.1) is 0 Å². The molecule has 0 amide bonds. The maximum Gasteiger partial charge on any atom is 0.389 e. The highest BCUT2D eigenvalue weighted by Crippen LogP contribution is 2.49. The molecule has 30 heavy (non-hydrogen) atoms. The highest BCUT2D eigenvalue weighted by atomic mass is 28.2. The van der Waals surface area contributed by atoms with E-state index in [-0.39, 0.29) is 12.0 Å². The van der Waals surface area contributed by atoms with E-state index < -0.39 is 63.3 Å². The Morgan fingerprint density at radius 1 is 0.933 bits per heavy atom. The summed E-state index contributed by atoms with van der Waals surface area (Å²) >= 11 is 0. The summed E-state index contributed by atoms with van der Waals surface area (Å²) in [5.41, 5.74) is -8.84. The van der Waals surface area contributed by atoms with Gasteiger partial charge in [0, 0.05) is 18.4 Å². The fourth-order valence-corrected chi connectivity index (χ4v) is 3.68. The van der Waals surface area contributed by atoms with Crippen LogP contribution in [0.2, 0.25) is 0 Å². The van der Waals surface area contributed by atoms with Crippen LogP contribution in [0.15, 0.2) is 12.2 Å². The van der Waals surface area contributed by atoms with Crippen LogP contribution in [0.3, 0.4) is 0 Å². The zero-order valence-electron chi connectivity index (χ0n) is 17.2. The summed E-state index contributed by atoms with van der Waals surface area (Å²) in [5, 5.41) is 0. The topological polar surface area (TPSA) is 35.5 Å². The SMILES string of the molecule is C=C(C)C(=O)OC(C)(C)C(C)(CC)O[SiH2]C(F)(F)C(F)(F)C(F)(F)CCC(F)(F)F. The van der Waals surface area contributed by atoms with Gasteiger partial charge in [0.05, 0.1) is 5.60 Å². The quantitative estimate of drug-likeness (QED) is 0.174. The van der Waals surface area contributed by atoms with E-state index in [9.17, 15) is 44.3 Å². The molecule has 0 aliphatic heterocycles. The second kappa shape index (κ2) is 9.09. The van der Waals surface area contributed by atoms with E-state index in [1.54, 1.807) is 0 Å². The van der Waals surface area contributed by atoms with Crippen molar-refractivity contribution in [3.63, 3.8) is 0 Å². The van der Waals surface area contributed by atoms with Crippen LogP contribution in [-0.4, -0.2) is 50.5 Å². The molecule has 0 saturated heterocycles. The van der Waals surface area contributed by atoms with Crippen LogP contribution in [0.1, 0.15) is 53.9 Å². The van der Waals surface area contributed by atoms with Crippen LogP contribution >= 0.6 is 0 Å². The summed E-state index contributed by atoms with van der Waals surface area (Å²) in [6.45, 7) is 9.71. The minimum Gasteiger partial charge on any atom is -0.453 e. The third-order valence-electron chi connectivity index (χ3n) is 4.86. The van der Waals surface area contributed by atoms with Crippen molar-refractivity contribution in [2.75, 3.05) is 0 Å². The Labute approximate surface area is 170 Å². The number of rotatable bonds is 11. The van der Waals surface area contributed by atoms with Crippen LogP contribution in [0.4, 0.5) is 39.5 Å². The monoisotopic (exact) mass is 476 g/mol. The predicted molar refractivity (Wildman–Crippen MR) is 93.4 cm³/mol. The maximum absolute atomic E-state index is 14.1. The van der Waals surface area contributed by atoms with Gasteiger partial charge in [-0.3, -0.25) is 0 Å². The number of carbonyl (C=O) groups excluding carboxylic acids is 1. The summed E-state index contributed by atoms with van der Waals surface area (Å²) in [6.07, 6.45) is -10.2. The molecular formula is C17H25F9O3Si. The van der Waals surface area contributed by atoms with E-state index in [1.165, 1.54) is 34.6 Å². The molecule has 178 valence electrons. The summed E-state index contributed by atoms with van der Waals surface area (Å²) in [6, 6.07) is 0. The minimum atomic E-state index is -6.06. The number of hydrogen-bond donors (Lipinski definition) is 0. The molecule has 0 aliphatic rings. The van der Waals surface area contributed by atoms with Crippen LogP contribution < -0.4 is 0 Å². The van der Waals surface area contributed by atoms with Crippen molar-refractivity contribution in [3.8, 4) is 0 Å². The van der Waals surface area contributed by atoms with Crippen LogP contribution in [0.25, 0.3) is 0 Å². The first kappa shape index (κ1) is 28.8. The van der Waals surface area contributed by atoms with Crippen molar-refractivity contribution >= 4 is 15.7 Å². The van der Waals surface area contributed by atoms with Crippen molar-refractivity contribution in [2.45, 2.75) is 88.7 Å². The zero-order valence-corrected chi connectivity index (χ0v) is 18.6. The maximum atomic E-state index is 14.1. The van der Waals surface area contributed by atoms with Gasteiger partial charge in [0.15, 0.2) is 0 Å². The lowest BCUT2D eigenvalue weighted by atomic mass is 9.85. The third kappa shape index (κ3) is 6.63. The molecule has 0 radical (unpaired) electrons. The van der Waals surface area contributed by atoms with E-state index in [1.807, 2.05) is 0 Å². The van der Waals surface area contributed by atoms with Gasteiger partial charge < -0.3 is 9.16 Å². The van der Waals surface area contributed by atoms with Gasteiger partial charge in [0.2, 0.25) is 0 Å². The van der Waals surface area contributed by atoms with Crippen molar-refractivity contribution < 1.29 is 53.5 Å². The zero-order chi connectivity index (χ0) is 24.4. The normalized spacial score (nSPS) is 16.6. The van der Waals surface area contributed by atoms with Crippen LogP contribution in [0.5, 0.6) is 0 Å². The number of alkyl halides is 9. The molecule has 13 heteroatoms. The molecule has 1 atom stereocenters. The molecule has 3 nitrogen and oxygen atoms in total. The number of ether oxygens (including phenoxy) is 1. The lowest BCUT2D eigenvalue weighted by molar-refractivity contribution is -0.292. The molecular weight excluding hydrogens is 451 g/mol. The van der Waals surface area contributed by atoms with E-state index in [4.69, 9.17) is 9.16 Å². The first-order valence-electron chi connectivity index (χ1n) is 8.78. The Kier molecular flexibility index (Phi) is 8.71. The predicted octanol–water partition coefficient (Wildman–Crippen LogP) is 5.36. The van der Waals surface area contributed by atoms with Gasteiger partial charge in [-0.25, -0.2) is 13.6 Å². The summed E-state index contributed by atoms with van der Waals surface area (Å²) in [4.78, 5) is 11.7. The number of hydrogen-bond acceptors (Lipinski definition) is 3. The number of esters is 1. The van der Waals surface area contributed by atoms with E-state index in [0.29, 0.717) is 0 Å². The molecule has 0 aromatic heterocycles. The Morgan fingerprint density at radius 2 is 1.40 bits per heavy atom. The first-order chi connectivity index (χ1) is 13.1. The lowest BCUT2D eigenvalue weighted by Crippen LogP contribution is -2.61. The molecule has 0 spiro atoms. The fraction of sp³-hybridized carbons (Fsp3) is 0.824. The highest BCUT2D eigenvalue weighted by molar-refractivity contribution is 6.31. The summed E-state index contributed by atoms with van der Waals surface area (Å²) in [5.74, 6) is -12.6. The van der Waals surface area contributed by atoms with E-state index >= 15 is 0 Å². The van der Waals surface area contributed by atoms with Crippen molar-refractivity contribution in [3.05, 3.63) is 12.2 Å². The van der Waals surface area contributed by atoms with Gasteiger partial charge >= 0.3 is 29.5 Å². The van der Waals surface area contributed by atoms with Gasteiger partial charge in [0.1, 0.15) is 5.60 Å². The third-order valence-corrected chi connectivity index (χ3v) is 6.45. The van der Waals surface area contributed by atoms with E-state index in [0.717, 1.165) is 0 Å². The van der Waals surface area contributed by atoms with Gasteiger partial charge in [0.25, 0.3) is 9.76 Å². The standard InChI is InChI=1S/C17H25F9O3Si/c1-7-13(6,12(4,5)28-11(27)10(2)3)29-30-17(25,26)16(23,24)14(18,19)8-9-15(20,21)22/h2,7-9,30H2,1,3-6H3. The largest absolute Gasteiger partial charge is 0.453 e. The second-order valence-electron chi connectivity index (χ2n) is 7.65. The molecule has 0 aromatic rings. The summed E-state index contributed by atoms with van der Waals surface area (Å²) < 4.78 is 129. The van der Waals surface area contributed by atoms with Crippen molar-refractivity contribution in [2.24, 2.45) is 0 Å². The number of halogens is 9. The molecule has 0 aliphatic carbocycles. The molecule has 0 saturated carbocycles. The Bertz CT molecular complexity index is 632. The molecule has 0 bridgehead atoms. The Balaban J connectivity index is 5.58. The highest BCUT2D eigenvalue weighted by Gasteiger charge is 2.71. The first-order valence-corrected chi connectivity index (χ1v) is 10.1. The Morgan fingerprint density at radius 3 is 1.77 bits per heavy atom. The Hall–Kier alpha value is -1.24. The fourth-order valence-electron chi connectivity index (χ4n) is 2.19. The summed E-state index contributed by atoms with van der Waals surface area (Å²) in [7, 11) is -3.80. The minimum absolute atomic E-state index is 0.0417. The smallest absolute Gasteiger partial charge is 0.389 e. The number of carbonyl (C=O) groups is 1. The van der Waals surface area contributed by atoms with Gasteiger partial charge in [-0.05, 0) is 34.1 Å². The molecule has 0 N–H and O–H groups in total. The average Bonchev–Trinajstić information content (AvgIpc) is 2.56. The average molecular weight is 476 g/mol. The van der Waals surface area contributed by atoms with Crippen molar-refractivity contribution in [1.29, 1.82) is 0 Å².